The molecule has 1 aliphatic rings. The Labute approximate surface area is 130 Å². The van der Waals surface area contributed by atoms with Gasteiger partial charge in [-0.05, 0) is 24.8 Å². The van der Waals surface area contributed by atoms with E-state index in [0.717, 1.165) is 5.92 Å². The maximum absolute atomic E-state index is 12.4. The molecule has 2 atom stereocenters. The van der Waals surface area contributed by atoms with Crippen LogP contribution in [0.3, 0.4) is 0 Å². The van der Waals surface area contributed by atoms with E-state index in [4.69, 9.17) is 0 Å². The number of benzene rings is 1. The molecule has 4 nitrogen and oxygen atoms in total. The number of nitrogens with zero attached hydrogens (tertiary/aromatic N) is 1. The summed E-state index contributed by atoms with van der Waals surface area (Å²) < 4.78 is 29.3. The highest BCUT2D eigenvalue weighted by molar-refractivity contribution is 5.80. The molecule has 0 aliphatic heterocycles. The van der Waals surface area contributed by atoms with E-state index in [0.29, 0.717) is 24.1 Å². The lowest BCUT2D eigenvalue weighted by Crippen LogP contribution is -2.38. The van der Waals surface area contributed by atoms with Gasteiger partial charge in [0.25, 0.3) is 0 Å². The number of nitrogens with one attached hydrogen (secondary N) is 2. The second kappa shape index (κ2) is 7.96. The average molecular weight is 311 g/mol. The molecule has 0 heterocycles. The Morgan fingerprint density at radius 3 is 2.86 bits per heavy atom. The lowest BCUT2D eigenvalue weighted by molar-refractivity contribution is -0.0504. The zero-order chi connectivity index (χ0) is 15.9. The van der Waals surface area contributed by atoms with E-state index in [-0.39, 0.29) is 5.75 Å². The minimum absolute atomic E-state index is 0.190. The summed E-state index contributed by atoms with van der Waals surface area (Å²) in [6.07, 6.45) is 3.58. The molecule has 0 saturated heterocycles. The first-order chi connectivity index (χ1) is 10.6. The van der Waals surface area contributed by atoms with Crippen molar-refractivity contribution in [1.29, 1.82) is 0 Å². The summed E-state index contributed by atoms with van der Waals surface area (Å²) in [5.74, 6) is 1.60. The monoisotopic (exact) mass is 311 g/mol. The van der Waals surface area contributed by atoms with Crippen LogP contribution in [0.1, 0.15) is 31.7 Å². The van der Waals surface area contributed by atoms with Gasteiger partial charge in [-0.15, -0.1) is 0 Å². The SMILES string of the molecule is CCCC1CC1NC(=NC)NCc1ccccc1OC(F)F. The maximum Gasteiger partial charge on any atom is 0.387 e. The van der Waals surface area contributed by atoms with Crippen LogP contribution in [0.2, 0.25) is 0 Å². The molecule has 122 valence electrons. The van der Waals surface area contributed by atoms with Crippen LogP contribution in [0.4, 0.5) is 8.78 Å². The quantitative estimate of drug-likeness (QED) is 0.601. The van der Waals surface area contributed by atoms with Gasteiger partial charge in [-0.25, -0.2) is 0 Å². The number of guanidine groups is 1. The molecule has 1 saturated carbocycles. The van der Waals surface area contributed by atoms with Crippen LogP contribution in [-0.4, -0.2) is 25.7 Å². The van der Waals surface area contributed by atoms with Crippen molar-refractivity contribution >= 4 is 5.96 Å². The molecule has 1 aromatic rings. The molecule has 22 heavy (non-hydrogen) atoms. The molecular formula is C16H23F2N3O. The van der Waals surface area contributed by atoms with Crippen molar-refractivity contribution in [1.82, 2.24) is 10.6 Å². The Morgan fingerprint density at radius 1 is 1.41 bits per heavy atom. The summed E-state index contributed by atoms with van der Waals surface area (Å²) in [6, 6.07) is 7.24. The molecule has 1 fully saturated rings. The predicted octanol–water partition coefficient (Wildman–Crippen LogP) is 3.14. The number of alkyl halides is 2. The van der Waals surface area contributed by atoms with Crippen LogP contribution in [-0.2, 0) is 6.54 Å². The smallest absolute Gasteiger partial charge is 0.387 e. The van der Waals surface area contributed by atoms with Crippen LogP contribution >= 0.6 is 0 Å². The first kappa shape index (κ1) is 16.5. The van der Waals surface area contributed by atoms with Crippen molar-refractivity contribution in [2.75, 3.05) is 7.05 Å². The van der Waals surface area contributed by atoms with E-state index in [1.165, 1.54) is 25.3 Å². The van der Waals surface area contributed by atoms with Crippen molar-refractivity contribution in [2.24, 2.45) is 10.9 Å². The van der Waals surface area contributed by atoms with Gasteiger partial charge in [-0.3, -0.25) is 4.99 Å². The standard InChI is InChI=1S/C16H23F2N3O/c1-3-6-11-9-13(11)21-16(19-2)20-10-12-7-4-5-8-14(12)22-15(17)18/h4-5,7-8,11,13,15H,3,6,9-10H2,1-2H3,(H2,19,20,21). The second-order valence-corrected chi connectivity index (χ2v) is 5.45. The van der Waals surface area contributed by atoms with E-state index >= 15 is 0 Å². The molecule has 0 aromatic heterocycles. The minimum Gasteiger partial charge on any atom is -0.434 e. The zero-order valence-electron chi connectivity index (χ0n) is 13.0. The van der Waals surface area contributed by atoms with Gasteiger partial charge in [0.15, 0.2) is 5.96 Å². The highest BCUT2D eigenvalue weighted by Crippen LogP contribution is 2.34. The summed E-state index contributed by atoms with van der Waals surface area (Å²) in [5, 5.41) is 6.50. The fourth-order valence-electron chi connectivity index (χ4n) is 2.52. The molecule has 2 unspecified atom stereocenters. The van der Waals surface area contributed by atoms with Crippen LogP contribution in [0.25, 0.3) is 0 Å². The maximum atomic E-state index is 12.4. The van der Waals surface area contributed by atoms with Crippen molar-refractivity contribution in [2.45, 2.75) is 45.4 Å². The molecule has 6 heteroatoms. The Kier molecular flexibility index (Phi) is 5.98. The number of hydrogen-bond acceptors (Lipinski definition) is 2. The van der Waals surface area contributed by atoms with Gasteiger partial charge in [0, 0.05) is 25.2 Å². The predicted molar refractivity (Wildman–Crippen MR) is 83.2 cm³/mol. The van der Waals surface area contributed by atoms with Crippen LogP contribution < -0.4 is 15.4 Å². The number of halogens is 2. The number of hydrogen-bond donors (Lipinski definition) is 2. The molecule has 0 bridgehead atoms. The van der Waals surface area contributed by atoms with Crippen molar-refractivity contribution < 1.29 is 13.5 Å². The lowest BCUT2D eigenvalue weighted by atomic mass is 10.2. The molecule has 0 radical (unpaired) electrons. The summed E-state index contributed by atoms with van der Waals surface area (Å²) in [5.41, 5.74) is 0.673. The normalized spacial score (nSPS) is 20.9. The number of ether oxygens (including phenoxy) is 1. The third kappa shape index (κ3) is 4.86. The Bertz CT molecular complexity index is 508. The summed E-state index contributed by atoms with van der Waals surface area (Å²) in [6.45, 7) is -0.254. The van der Waals surface area contributed by atoms with Gasteiger partial charge in [0.2, 0.25) is 0 Å². The van der Waals surface area contributed by atoms with Gasteiger partial charge < -0.3 is 15.4 Å². The zero-order valence-corrected chi connectivity index (χ0v) is 13.0. The Balaban J connectivity index is 1.86. The molecule has 1 aromatic carbocycles. The number of rotatable bonds is 7. The molecule has 2 rings (SSSR count). The van der Waals surface area contributed by atoms with Gasteiger partial charge >= 0.3 is 6.61 Å². The van der Waals surface area contributed by atoms with Crippen molar-refractivity contribution in [3.05, 3.63) is 29.8 Å². The topological polar surface area (TPSA) is 45.7 Å². The third-order valence-electron chi connectivity index (χ3n) is 3.76. The fraction of sp³-hybridized carbons (Fsp3) is 0.562. The van der Waals surface area contributed by atoms with Gasteiger partial charge in [0.1, 0.15) is 5.75 Å². The molecule has 0 spiro atoms. The van der Waals surface area contributed by atoms with Crippen molar-refractivity contribution in [3.8, 4) is 5.75 Å². The lowest BCUT2D eigenvalue weighted by Gasteiger charge is -2.14. The highest BCUT2D eigenvalue weighted by Gasteiger charge is 2.36. The van der Waals surface area contributed by atoms with Crippen LogP contribution in [0.15, 0.2) is 29.3 Å². The van der Waals surface area contributed by atoms with E-state index in [1.807, 2.05) is 0 Å². The second-order valence-electron chi connectivity index (χ2n) is 5.45. The van der Waals surface area contributed by atoms with Crippen molar-refractivity contribution in [3.63, 3.8) is 0 Å². The van der Waals surface area contributed by atoms with Crippen LogP contribution in [0, 0.1) is 5.92 Å². The van der Waals surface area contributed by atoms with E-state index in [2.05, 4.69) is 27.3 Å². The summed E-state index contributed by atoms with van der Waals surface area (Å²) in [4.78, 5) is 4.17. The largest absolute Gasteiger partial charge is 0.434 e. The first-order valence-electron chi connectivity index (χ1n) is 7.64. The van der Waals surface area contributed by atoms with Crippen LogP contribution in [0.5, 0.6) is 5.75 Å². The van der Waals surface area contributed by atoms with E-state index in [9.17, 15) is 8.78 Å². The first-order valence-corrected chi connectivity index (χ1v) is 7.64. The average Bonchev–Trinajstić information content (AvgIpc) is 3.22. The minimum atomic E-state index is -2.82. The Hall–Kier alpha value is -1.85. The summed E-state index contributed by atoms with van der Waals surface area (Å²) >= 11 is 0. The molecule has 1 aliphatic carbocycles. The van der Waals surface area contributed by atoms with Gasteiger partial charge in [-0.2, -0.15) is 8.78 Å². The number of aliphatic imine (C=N–C) groups is 1. The Morgan fingerprint density at radius 2 is 2.18 bits per heavy atom. The molecular weight excluding hydrogens is 288 g/mol. The van der Waals surface area contributed by atoms with E-state index < -0.39 is 6.61 Å². The molecule has 0 amide bonds. The molecule has 2 N–H and O–H groups in total. The fourth-order valence-corrected chi connectivity index (χ4v) is 2.52. The summed E-state index contributed by atoms with van der Waals surface area (Å²) in [7, 11) is 1.70. The van der Waals surface area contributed by atoms with Gasteiger partial charge in [0.05, 0.1) is 0 Å². The van der Waals surface area contributed by atoms with E-state index in [1.54, 1.807) is 25.2 Å². The number of para-hydroxylation sites is 1. The highest BCUT2D eigenvalue weighted by atomic mass is 19.3. The van der Waals surface area contributed by atoms with Gasteiger partial charge in [-0.1, -0.05) is 31.5 Å². The third-order valence-corrected chi connectivity index (χ3v) is 3.76.